The number of halogens is 1. The van der Waals surface area contributed by atoms with E-state index in [0.29, 0.717) is 13.1 Å². The fourth-order valence-electron chi connectivity index (χ4n) is 3.37. The number of rotatable bonds is 6. The molecule has 0 aromatic heterocycles. The summed E-state index contributed by atoms with van der Waals surface area (Å²) in [6.45, 7) is 8.07. The zero-order valence-corrected chi connectivity index (χ0v) is 16.9. The number of imide groups is 1. The quantitative estimate of drug-likeness (QED) is 0.418. The minimum atomic E-state index is -0.333. The number of hydrogen-bond donors (Lipinski definition) is 2. The molecule has 2 aliphatic heterocycles. The van der Waals surface area contributed by atoms with E-state index in [1.54, 1.807) is 0 Å². The van der Waals surface area contributed by atoms with Crippen molar-refractivity contribution in [2.75, 3.05) is 52.4 Å². The first-order valence-corrected chi connectivity index (χ1v) is 10.0. The summed E-state index contributed by atoms with van der Waals surface area (Å²) in [6, 6.07) is 7.64. The summed E-state index contributed by atoms with van der Waals surface area (Å²) in [5, 5.41) is 6.60. The molecule has 0 bridgehead atoms. The van der Waals surface area contributed by atoms with Crippen molar-refractivity contribution in [2.24, 2.45) is 4.99 Å². The van der Waals surface area contributed by atoms with Gasteiger partial charge in [-0.3, -0.25) is 19.6 Å². The molecule has 0 radical (unpaired) electrons. The third-order valence-corrected chi connectivity index (χ3v) is 5.06. The van der Waals surface area contributed by atoms with E-state index in [4.69, 9.17) is 11.6 Å². The molecule has 0 saturated carbocycles. The molecule has 0 aliphatic carbocycles. The lowest BCUT2D eigenvalue weighted by Crippen LogP contribution is -2.52. The van der Waals surface area contributed by atoms with E-state index in [-0.39, 0.29) is 18.5 Å². The Bertz CT molecular complexity index is 717. The Kier molecular flexibility index (Phi) is 7.11. The molecule has 2 heterocycles. The number of nitrogens with one attached hydrogen (secondary N) is 2. The number of hydrogen-bond acceptors (Lipinski definition) is 4. The Balaban J connectivity index is 1.50. The smallest absolute Gasteiger partial charge is 0.324 e. The van der Waals surface area contributed by atoms with Gasteiger partial charge in [-0.05, 0) is 24.6 Å². The van der Waals surface area contributed by atoms with Crippen molar-refractivity contribution < 1.29 is 9.59 Å². The van der Waals surface area contributed by atoms with E-state index >= 15 is 0 Å². The topological polar surface area (TPSA) is 80.3 Å². The van der Waals surface area contributed by atoms with Crippen LogP contribution in [0.15, 0.2) is 29.3 Å². The number of amides is 3. The summed E-state index contributed by atoms with van der Waals surface area (Å²) >= 11 is 6.08. The first-order valence-electron chi connectivity index (χ1n) is 9.65. The number of benzene rings is 1. The van der Waals surface area contributed by atoms with Crippen molar-refractivity contribution in [3.05, 3.63) is 34.9 Å². The lowest BCUT2D eigenvalue weighted by molar-refractivity contribution is -0.124. The number of carbonyl (C=O) groups excluding carboxylic acids is 2. The summed E-state index contributed by atoms with van der Waals surface area (Å²) in [4.78, 5) is 33.7. The van der Waals surface area contributed by atoms with E-state index in [9.17, 15) is 9.59 Å². The maximum Gasteiger partial charge on any atom is 0.324 e. The Morgan fingerprint density at radius 1 is 1.25 bits per heavy atom. The molecule has 152 valence electrons. The molecule has 2 fully saturated rings. The van der Waals surface area contributed by atoms with E-state index in [1.165, 1.54) is 10.5 Å². The number of guanidine groups is 1. The van der Waals surface area contributed by atoms with Crippen LogP contribution in [0.4, 0.5) is 4.79 Å². The van der Waals surface area contributed by atoms with Gasteiger partial charge in [0.2, 0.25) is 5.91 Å². The first kappa shape index (κ1) is 20.4. The molecule has 8 nitrogen and oxygen atoms in total. The minimum absolute atomic E-state index is 0.0806. The van der Waals surface area contributed by atoms with Gasteiger partial charge in [0, 0.05) is 44.3 Å². The second-order valence-corrected chi connectivity index (χ2v) is 7.27. The molecule has 0 spiro atoms. The van der Waals surface area contributed by atoms with Crippen molar-refractivity contribution in [1.29, 1.82) is 0 Å². The zero-order chi connectivity index (χ0) is 19.9. The molecule has 9 heteroatoms. The highest BCUT2D eigenvalue weighted by Gasteiger charge is 2.27. The van der Waals surface area contributed by atoms with Gasteiger partial charge in [-0.25, -0.2) is 4.79 Å². The number of urea groups is 1. The van der Waals surface area contributed by atoms with Gasteiger partial charge in [0.15, 0.2) is 5.96 Å². The van der Waals surface area contributed by atoms with Crippen molar-refractivity contribution >= 4 is 29.5 Å². The van der Waals surface area contributed by atoms with Crippen LogP contribution in [-0.4, -0.2) is 85.0 Å². The van der Waals surface area contributed by atoms with Crippen LogP contribution in [0.5, 0.6) is 0 Å². The summed E-state index contributed by atoms with van der Waals surface area (Å²) in [6.07, 6.45) is 0. The summed E-state index contributed by atoms with van der Waals surface area (Å²) in [5.74, 6) is 0.636. The fraction of sp³-hybridized carbons (Fsp3) is 0.526. The lowest BCUT2D eigenvalue weighted by atomic mass is 10.2. The third-order valence-electron chi connectivity index (χ3n) is 4.82. The second kappa shape index (κ2) is 9.75. The molecular weight excluding hydrogens is 380 g/mol. The SMILES string of the molecule is CCNC(=NCCN1C(=O)CNC1=O)N1CCN(Cc2cccc(Cl)c2)CC1. The Hall–Kier alpha value is -2.32. The molecule has 2 N–H and O–H groups in total. The van der Waals surface area contributed by atoms with Crippen molar-refractivity contribution in [1.82, 2.24) is 25.3 Å². The van der Waals surface area contributed by atoms with Crippen LogP contribution in [0.25, 0.3) is 0 Å². The summed E-state index contributed by atoms with van der Waals surface area (Å²) in [7, 11) is 0. The summed E-state index contributed by atoms with van der Waals surface area (Å²) < 4.78 is 0. The van der Waals surface area contributed by atoms with E-state index in [0.717, 1.165) is 50.3 Å². The van der Waals surface area contributed by atoms with Crippen LogP contribution in [0.3, 0.4) is 0 Å². The number of nitrogens with zero attached hydrogens (tertiary/aromatic N) is 4. The van der Waals surface area contributed by atoms with Gasteiger partial charge in [0.1, 0.15) is 0 Å². The standard InChI is InChI=1S/C19H27ClN6O2/c1-2-21-18(22-6-7-26-17(27)13-23-19(26)28)25-10-8-24(9-11-25)14-15-4-3-5-16(20)12-15/h3-5,12H,2,6-11,13-14H2,1H3,(H,21,22)(H,23,28). The zero-order valence-electron chi connectivity index (χ0n) is 16.2. The fourth-order valence-corrected chi connectivity index (χ4v) is 3.59. The predicted octanol–water partition coefficient (Wildman–Crippen LogP) is 0.975. The minimum Gasteiger partial charge on any atom is -0.357 e. The molecular formula is C19H27ClN6O2. The first-order chi connectivity index (χ1) is 13.6. The van der Waals surface area contributed by atoms with Crippen molar-refractivity contribution in [2.45, 2.75) is 13.5 Å². The van der Waals surface area contributed by atoms with E-state index in [1.807, 2.05) is 25.1 Å². The van der Waals surface area contributed by atoms with Crippen LogP contribution in [0.1, 0.15) is 12.5 Å². The van der Waals surface area contributed by atoms with Gasteiger partial charge >= 0.3 is 6.03 Å². The summed E-state index contributed by atoms with van der Waals surface area (Å²) in [5.41, 5.74) is 1.22. The van der Waals surface area contributed by atoms with Crippen LogP contribution in [0.2, 0.25) is 5.02 Å². The van der Waals surface area contributed by atoms with Gasteiger partial charge in [0.05, 0.1) is 19.6 Å². The molecule has 3 amide bonds. The molecule has 28 heavy (non-hydrogen) atoms. The number of aliphatic imine (C=N–C) groups is 1. The number of piperazine rings is 1. The maximum absolute atomic E-state index is 11.6. The van der Waals surface area contributed by atoms with Crippen molar-refractivity contribution in [3.8, 4) is 0 Å². The average molecular weight is 407 g/mol. The second-order valence-electron chi connectivity index (χ2n) is 6.83. The molecule has 0 unspecified atom stereocenters. The Morgan fingerprint density at radius 3 is 2.68 bits per heavy atom. The van der Waals surface area contributed by atoms with Crippen LogP contribution in [-0.2, 0) is 11.3 Å². The van der Waals surface area contributed by atoms with Gasteiger partial charge in [-0.1, -0.05) is 23.7 Å². The largest absolute Gasteiger partial charge is 0.357 e. The molecule has 2 aliphatic rings. The van der Waals surface area contributed by atoms with Gasteiger partial charge in [0.25, 0.3) is 0 Å². The lowest BCUT2D eigenvalue weighted by Gasteiger charge is -2.36. The third kappa shape index (κ3) is 5.36. The number of carbonyl (C=O) groups is 2. The molecule has 2 saturated heterocycles. The van der Waals surface area contributed by atoms with E-state index < -0.39 is 0 Å². The van der Waals surface area contributed by atoms with Crippen molar-refractivity contribution in [3.63, 3.8) is 0 Å². The van der Waals surface area contributed by atoms with Gasteiger partial charge in [-0.15, -0.1) is 0 Å². The van der Waals surface area contributed by atoms with Crippen LogP contribution >= 0.6 is 11.6 Å². The molecule has 1 aromatic carbocycles. The monoisotopic (exact) mass is 406 g/mol. The predicted molar refractivity (Wildman–Crippen MR) is 109 cm³/mol. The Morgan fingerprint density at radius 2 is 2.04 bits per heavy atom. The molecule has 3 rings (SSSR count). The molecule has 1 aromatic rings. The van der Waals surface area contributed by atoms with Gasteiger partial charge in [-0.2, -0.15) is 0 Å². The molecule has 0 atom stereocenters. The Labute approximate surface area is 170 Å². The highest BCUT2D eigenvalue weighted by Crippen LogP contribution is 2.14. The van der Waals surface area contributed by atoms with Gasteiger partial charge < -0.3 is 15.5 Å². The average Bonchev–Trinajstić information content (AvgIpc) is 3.00. The van der Waals surface area contributed by atoms with E-state index in [2.05, 4.69) is 31.5 Å². The van der Waals surface area contributed by atoms with Crippen LogP contribution < -0.4 is 10.6 Å². The van der Waals surface area contributed by atoms with Crippen LogP contribution in [0, 0.1) is 0 Å². The highest BCUT2D eigenvalue weighted by atomic mass is 35.5. The highest BCUT2D eigenvalue weighted by molar-refractivity contribution is 6.30. The maximum atomic E-state index is 11.6. The normalized spacial score (nSPS) is 18.6.